The number of hydrogen-bond acceptors (Lipinski definition) is 4. The van der Waals surface area contributed by atoms with Gasteiger partial charge in [0.05, 0.1) is 12.6 Å². The van der Waals surface area contributed by atoms with E-state index < -0.39 is 12.2 Å². The van der Waals surface area contributed by atoms with Gasteiger partial charge >= 0.3 is 0 Å². The van der Waals surface area contributed by atoms with Gasteiger partial charge < -0.3 is 19.5 Å². The van der Waals surface area contributed by atoms with Crippen LogP contribution in [-0.2, 0) is 11.3 Å². The molecule has 0 saturated heterocycles. The maximum Gasteiger partial charge on any atom is 0.263 e. The third-order valence-corrected chi connectivity index (χ3v) is 5.04. The Morgan fingerprint density at radius 2 is 2.00 bits per heavy atom. The van der Waals surface area contributed by atoms with Gasteiger partial charge in [0.1, 0.15) is 18.1 Å². The molecule has 5 nitrogen and oxygen atoms in total. The number of carbonyl (C=O) groups is 1. The third-order valence-electron chi connectivity index (χ3n) is 4.81. The molecule has 0 fully saturated rings. The predicted octanol–water partition coefficient (Wildman–Crippen LogP) is 4.22. The van der Waals surface area contributed by atoms with E-state index >= 15 is 0 Å². The molecular weight excluding hydrogens is 378 g/mol. The molecule has 0 spiro atoms. The number of rotatable bonds is 5. The van der Waals surface area contributed by atoms with Crippen LogP contribution in [0.3, 0.4) is 0 Å². The molecule has 2 aromatic rings. The SMILES string of the molecule is CC(Oc1cccc(Cl)c1)C(=O)N1CCOc2ccc(C(O)C(C)C)cc2C1. The maximum absolute atomic E-state index is 12.9. The minimum atomic E-state index is -0.649. The summed E-state index contributed by atoms with van der Waals surface area (Å²) >= 11 is 5.98. The molecule has 2 unspecified atom stereocenters. The highest BCUT2D eigenvalue weighted by Gasteiger charge is 2.26. The summed E-state index contributed by atoms with van der Waals surface area (Å²) in [4.78, 5) is 14.7. The molecule has 0 saturated carbocycles. The largest absolute Gasteiger partial charge is 0.491 e. The summed E-state index contributed by atoms with van der Waals surface area (Å²) in [5, 5.41) is 10.9. The number of amides is 1. The second-order valence-corrected chi connectivity index (χ2v) is 7.82. The Labute approximate surface area is 170 Å². The normalized spacial score (nSPS) is 16.0. The number of aliphatic hydroxyl groups is 1. The van der Waals surface area contributed by atoms with E-state index in [-0.39, 0.29) is 11.8 Å². The quantitative estimate of drug-likeness (QED) is 0.812. The molecule has 0 aliphatic carbocycles. The van der Waals surface area contributed by atoms with Gasteiger partial charge in [-0.3, -0.25) is 4.79 Å². The maximum atomic E-state index is 12.9. The summed E-state index contributed by atoms with van der Waals surface area (Å²) in [6.45, 7) is 6.97. The number of halogens is 1. The van der Waals surface area contributed by atoms with Gasteiger partial charge in [0, 0.05) is 17.1 Å². The van der Waals surface area contributed by atoms with Crippen LogP contribution in [0.15, 0.2) is 42.5 Å². The average Bonchev–Trinajstić information content (AvgIpc) is 2.88. The van der Waals surface area contributed by atoms with Crippen LogP contribution in [0.5, 0.6) is 11.5 Å². The Hall–Kier alpha value is -2.24. The molecule has 1 N–H and O–H groups in total. The summed E-state index contributed by atoms with van der Waals surface area (Å²) in [6.07, 6.45) is -1.20. The summed E-state index contributed by atoms with van der Waals surface area (Å²) in [5.74, 6) is 1.29. The number of hydrogen-bond donors (Lipinski definition) is 1. The zero-order valence-electron chi connectivity index (χ0n) is 16.4. The second-order valence-electron chi connectivity index (χ2n) is 7.38. The van der Waals surface area contributed by atoms with Crippen molar-refractivity contribution >= 4 is 17.5 Å². The lowest BCUT2D eigenvalue weighted by molar-refractivity contribution is -0.138. The van der Waals surface area contributed by atoms with Gasteiger partial charge in [-0.15, -0.1) is 0 Å². The van der Waals surface area contributed by atoms with Crippen LogP contribution in [0.1, 0.15) is 38.0 Å². The standard InChI is InChI=1S/C22H26ClNO4/c1-14(2)21(25)16-7-8-20-17(11-16)13-24(9-10-27-20)22(26)15(3)28-19-6-4-5-18(23)12-19/h4-8,11-12,14-15,21,25H,9-10,13H2,1-3H3. The van der Waals surface area contributed by atoms with Crippen molar-refractivity contribution in [2.75, 3.05) is 13.2 Å². The Balaban J connectivity index is 1.74. The molecule has 0 aromatic heterocycles. The first-order valence-electron chi connectivity index (χ1n) is 9.50. The zero-order valence-corrected chi connectivity index (χ0v) is 17.1. The molecule has 2 aromatic carbocycles. The molecule has 28 heavy (non-hydrogen) atoms. The molecule has 0 bridgehead atoms. The zero-order chi connectivity index (χ0) is 20.3. The third kappa shape index (κ3) is 4.78. The molecule has 1 amide bonds. The molecule has 0 radical (unpaired) electrons. The molecule has 150 valence electrons. The van der Waals surface area contributed by atoms with Gasteiger partial charge in [-0.25, -0.2) is 0 Å². The Morgan fingerprint density at radius 3 is 2.71 bits per heavy atom. The van der Waals surface area contributed by atoms with Gasteiger partial charge in [-0.05, 0) is 48.7 Å². The topological polar surface area (TPSA) is 59.0 Å². The molecule has 3 rings (SSSR count). The van der Waals surface area contributed by atoms with Crippen molar-refractivity contribution in [2.24, 2.45) is 5.92 Å². The molecule has 1 aliphatic heterocycles. The summed E-state index contributed by atoms with van der Waals surface area (Å²) in [6, 6.07) is 12.7. The van der Waals surface area contributed by atoms with E-state index in [1.54, 1.807) is 36.1 Å². The number of benzene rings is 2. The van der Waals surface area contributed by atoms with E-state index in [0.717, 1.165) is 16.9 Å². The second kappa shape index (κ2) is 8.84. The van der Waals surface area contributed by atoms with E-state index in [0.29, 0.717) is 30.5 Å². The van der Waals surface area contributed by atoms with Crippen molar-refractivity contribution in [3.63, 3.8) is 0 Å². The first-order valence-corrected chi connectivity index (χ1v) is 9.87. The molecule has 2 atom stereocenters. The van der Waals surface area contributed by atoms with Crippen molar-refractivity contribution in [1.29, 1.82) is 0 Å². The number of nitrogens with zero attached hydrogens (tertiary/aromatic N) is 1. The van der Waals surface area contributed by atoms with Gasteiger partial charge in [0.15, 0.2) is 6.10 Å². The molecular formula is C22H26ClNO4. The summed E-state index contributed by atoms with van der Waals surface area (Å²) in [7, 11) is 0. The van der Waals surface area contributed by atoms with Gasteiger partial charge in [-0.1, -0.05) is 37.6 Å². The van der Waals surface area contributed by atoms with Crippen molar-refractivity contribution < 1.29 is 19.4 Å². The Bertz CT molecular complexity index is 839. The monoisotopic (exact) mass is 403 g/mol. The first kappa shape index (κ1) is 20.5. The van der Waals surface area contributed by atoms with E-state index in [1.807, 2.05) is 32.0 Å². The van der Waals surface area contributed by atoms with E-state index in [4.69, 9.17) is 21.1 Å². The fourth-order valence-electron chi connectivity index (χ4n) is 3.22. The smallest absolute Gasteiger partial charge is 0.263 e. The van der Waals surface area contributed by atoms with Gasteiger partial charge in [0.25, 0.3) is 5.91 Å². The lowest BCUT2D eigenvalue weighted by Gasteiger charge is -2.24. The first-order chi connectivity index (χ1) is 13.3. The minimum absolute atomic E-state index is 0.105. The van der Waals surface area contributed by atoms with E-state index in [9.17, 15) is 9.90 Å². The Kier molecular flexibility index (Phi) is 6.47. The number of aliphatic hydroxyl groups excluding tert-OH is 1. The highest BCUT2D eigenvalue weighted by atomic mass is 35.5. The lowest BCUT2D eigenvalue weighted by atomic mass is 9.97. The number of fused-ring (bicyclic) bond motifs is 1. The van der Waals surface area contributed by atoms with Gasteiger partial charge in [0.2, 0.25) is 0 Å². The van der Waals surface area contributed by atoms with Crippen LogP contribution in [0.25, 0.3) is 0 Å². The predicted molar refractivity (Wildman–Crippen MR) is 109 cm³/mol. The molecule has 1 heterocycles. The van der Waals surface area contributed by atoms with Crippen LogP contribution < -0.4 is 9.47 Å². The van der Waals surface area contributed by atoms with Gasteiger partial charge in [-0.2, -0.15) is 0 Å². The van der Waals surface area contributed by atoms with Crippen LogP contribution >= 0.6 is 11.6 Å². The van der Waals surface area contributed by atoms with Crippen molar-refractivity contribution in [1.82, 2.24) is 4.90 Å². The van der Waals surface area contributed by atoms with Crippen molar-refractivity contribution in [2.45, 2.75) is 39.5 Å². The van der Waals surface area contributed by atoms with Crippen LogP contribution in [0.4, 0.5) is 0 Å². The Morgan fingerprint density at radius 1 is 1.21 bits per heavy atom. The van der Waals surface area contributed by atoms with Crippen LogP contribution in [0.2, 0.25) is 5.02 Å². The highest BCUT2D eigenvalue weighted by molar-refractivity contribution is 6.30. The molecule has 6 heteroatoms. The average molecular weight is 404 g/mol. The summed E-state index contributed by atoms with van der Waals surface area (Å²) < 4.78 is 11.6. The summed E-state index contributed by atoms with van der Waals surface area (Å²) in [5.41, 5.74) is 1.72. The highest BCUT2D eigenvalue weighted by Crippen LogP contribution is 2.30. The molecule has 1 aliphatic rings. The fourth-order valence-corrected chi connectivity index (χ4v) is 3.40. The number of ether oxygens (including phenoxy) is 2. The van der Waals surface area contributed by atoms with Crippen molar-refractivity contribution in [3.8, 4) is 11.5 Å². The number of carbonyl (C=O) groups excluding carboxylic acids is 1. The van der Waals surface area contributed by atoms with Crippen LogP contribution in [0, 0.1) is 5.92 Å². The fraction of sp³-hybridized carbons (Fsp3) is 0.409. The lowest BCUT2D eigenvalue weighted by Crippen LogP contribution is -2.41. The van der Waals surface area contributed by atoms with E-state index in [2.05, 4.69) is 0 Å². The van der Waals surface area contributed by atoms with E-state index in [1.165, 1.54) is 0 Å². The minimum Gasteiger partial charge on any atom is -0.491 e. The van der Waals surface area contributed by atoms with Crippen LogP contribution in [-0.4, -0.2) is 35.2 Å². The van der Waals surface area contributed by atoms with Crippen molar-refractivity contribution in [3.05, 3.63) is 58.6 Å².